The molecular formula is C13H13FN2O2. The van der Waals surface area contributed by atoms with Gasteiger partial charge in [-0.05, 0) is 38.0 Å². The molecule has 18 heavy (non-hydrogen) atoms. The third kappa shape index (κ3) is 1.80. The minimum atomic E-state index is -1.07. The summed E-state index contributed by atoms with van der Waals surface area (Å²) in [5, 5.41) is 18.0. The molecule has 0 aromatic heterocycles. The van der Waals surface area contributed by atoms with Crippen LogP contribution in [0.5, 0.6) is 0 Å². The van der Waals surface area contributed by atoms with E-state index in [1.165, 1.54) is 12.1 Å². The SMILES string of the molecule is CC1(C(=O)O)CCCN1c1ccc(C#N)cc1F. The number of hydrogen-bond donors (Lipinski definition) is 1. The van der Waals surface area contributed by atoms with E-state index in [0.29, 0.717) is 19.4 Å². The monoisotopic (exact) mass is 248 g/mol. The third-order valence-corrected chi connectivity index (χ3v) is 3.47. The fourth-order valence-corrected chi connectivity index (χ4v) is 2.37. The van der Waals surface area contributed by atoms with Crippen molar-refractivity contribution in [2.75, 3.05) is 11.4 Å². The summed E-state index contributed by atoms with van der Waals surface area (Å²) in [6, 6.07) is 5.96. The molecule has 0 bridgehead atoms. The Morgan fingerprint density at radius 3 is 2.89 bits per heavy atom. The minimum absolute atomic E-state index is 0.229. The summed E-state index contributed by atoms with van der Waals surface area (Å²) in [5.74, 6) is -1.51. The molecule has 94 valence electrons. The van der Waals surface area contributed by atoms with Gasteiger partial charge in [0, 0.05) is 6.54 Å². The van der Waals surface area contributed by atoms with Crippen LogP contribution < -0.4 is 4.90 Å². The second-order valence-electron chi connectivity index (χ2n) is 4.61. The molecular weight excluding hydrogens is 235 g/mol. The maximum Gasteiger partial charge on any atom is 0.329 e. The molecule has 1 saturated heterocycles. The van der Waals surface area contributed by atoms with Crippen molar-refractivity contribution in [3.05, 3.63) is 29.6 Å². The maximum atomic E-state index is 13.9. The number of hydrogen-bond acceptors (Lipinski definition) is 3. The van der Waals surface area contributed by atoms with Crippen molar-refractivity contribution in [3.8, 4) is 6.07 Å². The van der Waals surface area contributed by atoms with Gasteiger partial charge in [-0.25, -0.2) is 9.18 Å². The van der Waals surface area contributed by atoms with E-state index in [0.717, 1.165) is 6.07 Å². The predicted molar refractivity (Wildman–Crippen MR) is 63.7 cm³/mol. The second-order valence-corrected chi connectivity index (χ2v) is 4.61. The van der Waals surface area contributed by atoms with E-state index in [2.05, 4.69) is 0 Å². The van der Waals surface area contributed by atoms with Gasteiger partial charge in [-0.1, -0.05) is 0 Å². The van der Waals surface area contributed by atoms with E-state index >= 15 is 0 Å². The lowest BCUT2D eigenvalue weighted by Crippen LogP contribution is -2.48. The quantitative estimate of drug-likeness (QED) is 0.870. The van der Waals surface area contributed by atoms with Crippen molar-refractivity contribution in [2.24, 2.45) is 0 Å². The lowest BCUT2D eigenvalue weighted by molar-refractivity contribution is -0.142. The van der Waals surface area contributed by atoms with Crippen molar-refractivity contribution >= 4 is 11.7 Å². The summed E-state index contributed by atoms with van der Waals surface area (Å²) in [6.45, 7) is 2.10. The third-order valence-electron chi connectivity index (χ3n) is 3.47. The Hall–Kier alpha value is -2.09. The maximum absolute atomic E-state index is 13.9. The number of carboxylic acids is 1. The Morgan fingerprint density at radius 2 is 2.33 bits per heavy atom. The number of benzene rings is 1. The Kier molecular flexibility index (Phi) is 2.95. The van der Waals surface area contributed by atoms with Crippen LogP contribution in [0.4, 0.5) is 10.1 Å². The molecule has 0 aliphatic carbocycles. The standard InChI is InChI=1S/C13H13FN2O2/c1-13(12(17)18)5-2-6-16(13)11-4-3-9(8-15)7-10(11)14/h3-4,7H,2,5-6H2,1H3,(H,17,18). The highest BCUT2D eigenvalue weighted by Gasteiger charge is 2.44. The Balaban J connectivity index is 2.43. The lowest BCUT2D eigenvalue weighted by Gasteiger charge is -2.33. The van der Waals surface area contributed by atoms with Gasteiger partial charge >= 0.3 is 5.97 Å². The number of aliphatic carboxylic acids is 1. The molecule has 1 aliphatic rings. The first-order chi connectivity index (χ1) is 8.49. The van der Waals surface area contributed by atoms with Crippen LogP contribution in [0.15, 0.2) is 18.2 Å². The average molecular weight is 248 g/mol. The molecule has 0 spiro atoms. The summed E-state index contributed by atoms with van der Waals surface area (Å²) < 4.78 is 13.9. The first-order valence-corrected chi connectivity index (χ1v) is 5.70. The average Bonchev–Trinajstić information content (AvgIpc) is 2.72. The van der Waals surface area contributed by atoms with Gasteiger partial charge in [-0.2, -0.15) is 5.26 Å². The van der Waals surface area contributed by atoms with E-state index in [4.69, 9.17) is 5.26 Å². The van der Waals surface area contributed by atoms with Crippen LogP contribution in [0.25, 0.3) is 0 Å². The lowest BCUT2D eigenvalue weighted by atomic mass is 9.98. The van der Waals surface area contributed by atoms with E-state index in [1.54, 1.807) is 11.8 Å². The molecule has 0 saturated carbocycles. The Morgan fingerprint density at radius 1 is 1.61 bits per heavy atom. The fraction of sp³-hybridized carbons (Fsp3) is 0.385. The van der Waals surface area contributed by atoms with Crippen LogP contribution in [-0.4, -0.2) is 23.2 Å². The summed E-state index contributed by atoms with van der Waals surface area (Å²) in [5.41, 5.74) is -0.599. The number of anilines is 1. The van der Waals surface area contributed by atoms with Crippen LogP contribution >= 0.6 is 0 Å². The van der Waals surface area contributed by atoms with Crippen molar-refractivity contribution < 1.29 is 14.3 Å². The molecule has 0 radical (unpaired) electrons. The number of halogens is 1. The Labute approximate surface area is 104 Å². The van der Waals surface area contributed by atoms with Crippen molar-refractivity contribution in [1.82, 2.24) is 0 Å². The summed E-state index contributed by atoms with van der Waals surface area (Å²) in [6.07, 6.45) is 1.20. The van der Waals surface area contributed by atoms with Crippen LogP contribution in [0.2, 0.25) is 0 Å². The number of nitrogens with zero attached hydrogens (tertiary/aromatic N) is 2. The smallest absolute Gasteiger partial charge is 0.329 e. The molecule has 1 N–H and O–H groups in total. The van der Waals surface area contributed by atoms with Crippen LogP contribution in [0.3, 0.4) is 0 Å². The molecule has 4 nitrogen and oxygen atoms in total. The summed E-state index contributed by atoms with van der Waals surface area (Å²) in [4.78, 5) is 12.9. The number of rotatable bonds is 2. The number of carboxylic acid groups (broad SMARTS) is 1. The zero-order valence-electron chi connectivity index (χ0n) is 9.98. The van der Waals surface area contributed by atoms with Gasteiger partial charge in [0.1, 0.15) is 11.4 Å². The minimum Gasteiger partial charge on any atom is -0.480 e. The van der Waals surface area contributed by atoms with Crippen molar-refractivity contribution in [3.63, 3.8) is 0 Å². The molecule has 1 unspecified atom stereocenters. The van der Waals surface area contributed by atoms with E-state index in [1.807, 2.05) is 6.07 Å². The summed E-state index contributed by atoms with van der Waals surface area (Å²) >= 11 is 0. The number of nitriles is 1. The highest BCUT2D eigenvalue weighted by molar-refractivity contribution is 5.84. The van der Waals surface area contributed by atoms with Crippen molar-refractivity contribution in [2.45, 2.75) is 25.3 Å². The summed E-state index contributed by atoms with van der Waals surface area (Å²) in [7, 11) is 0. The first kappa shape index (κ1) is 12.4. The molecule has 2 rings (SSSR count). The van der Waals surface area contributed by atoms with E-state index in [-0.39, 0.29) is 11.3 Å². The van der Waals surface area contributed by atoms with E-state index < -0.39 is 17.3 Å². The van der Waals surface area contributed by atoms with Crippen molar-refractivity contribution in [1.29, 1.82) is 5.26 Å². The van der Waals surface area contributed by atoms with Crippen LogP contribution in [0, 0.1) is 17.1 Å². The molecule has 1 heterocycles. The van der Waals surface area contributed by atoms with E-state index in [9.17, 15) is 14.3 Å². The van der Waals surface area contributed by atoms with Gasteiger partial charge in [0.15, 0.2) is 0 Å². The first-order valence-electron chi connectivity index (χ1n) is 5.70. The van der Waals surface area contributed by atoms with Gasteiger partial charge in [0.2, 0.25) is 0 Å². The van der Waals surface area contributed by atoms with Crippen LogP contribution in [-0.2, 0) is 4.79 Å². The molecule has 1 fully saturated rings. The highest BCUT2D eigenvalue weighted by Crippen LogP contribution is 2.35. The van der Waals surface area contributed by atoms with Crippen LogP contribution in [0.1, 0.15) is 25.3 Å². The molecule has 1 atom stereocenters. The normalized spacial score (nSPS) is 22.8. The molecule has 1 aromatic rings. The van der Waals surface area contributed by atoms with Gasteiger partial charge in [-0.15, -0.1) is 0 Å². The molecule has 1 aliphatic heterocycles. The Bertz CT molecular complexity index is 538. The molecule has 0 amide bonds. The number of carbonyl (C=O) groups is 1. The second kappa shape index (κ2) is 4.30. The van der Waals surface area contributed by atoms with Gasteiger partial charge < -0.3 is 10.0 Å². The zero-order chi connectivity index (χ0) is 13.3. The largest absolute Gasteiger partial charge is 0.480 e. The van der Waals surface area contributed by atoms with Gasteiger partial charge in [-0.3, -0.25) is 0 Å². The molecule has 1 aromatic carbocycles. The molecule has 5 heteroatoms. The highest BCUT2D eigenvalue weighted by atomic mass is 19.1. The predicted octanol–water partition coefficient (Wildman–Crippen LogP) is 2.14. The topological polar surface area (TPSA) is 64.3 Å². The zero-order valence-corrected chi connectivity index (χ0v) is 9.98. The van der Waals surface area contributed by atoms with Gasteiger partial charge in [0.05, 0.1) is 17.3 Å². The van der Waals surface area contributed by atoms with Gasteiger partial charge in [0.25, 0.3) is 0 Å². The fourth-order valence-electron chi connectivity index (χ4n) is 2.37.